The Kier molecular flexibility index (Phi) is 3.21. The van der Waals surface area contributed by atoms with E-state index in [0.717, 1.165) is 0 Å². The van der Waals surface area contributed by atoms with Crippen molar-refractivity contribution in [2.45, 2.75) is 20.8 Å². The quantitative estimate of drug-likeness (QED) is 0.650. The Morgan fingerprint density at radius 2 is 1.40 bits per heavy atom. The largest absolute Gasteiger partial charge is 0.465 e. The zero-order chi connectivity index (χ0) is 11.6. The van der Waals surface area contributed by atoms with Crippen LogP contribution in [0.3, 0.4) is 0 Å². The summed E-state index contributed by atoms with van der Waals surface area (Å²) in [5.41, 5.74) is -0.384. The molecule has 2 amide bonds. The zero-order valence-electron chi connectivity index (χ0n) is 9.49. The van der Waals surface area contributed by atoms with Crippen molar-refractivity contribution in [3.8, 4) is 0 Å². The highest BCUT2D eigenvalue weighted by atomic mass is 16.4. The van der Waals surface area contributed by atoms with Crippen LogP contribution in [0.5, 0.6) is 0 Å². The lowest BCUT2D eigenvalue weighted by Crippen LogP contribution is -2.52. The second kappa shape index (κ2) is 4.08. The molecule has 15 heavy (non-hydrogen) atoms. The SMILES string of the molecule is CC(C)(C)C(=O)N1CCN(C(=O)O)CC1. The van der Waals surface area contributed by atoms with Crippen molar-refractivity contribution < 1.29 is 14.7 Å². The number of amides is 2. The molecule has 0 aromatic carbocycles. The van der Waals surface area contributed by atoms with E-state index >= 15 is 0 Å². The van der Waals surface area contributed by atoms with Crippen LogP contribution in [0.15, 0.2) is 0 Å². The Morgan fingerprint density at radius 1 is 1.00 bits per heavy atom. The lowest BCUT2D eigenvalue weighted by atomic mass is 9.94. The van der Waals surface area contributed by atoms with Crippen LogP contribution in [-0.4, -0.2) is 53.1 Å². The summed E-state index contributed by atoms with van der Waals surface area (Å²) in [6, 6.07) is 0. The molecule has 1 aliphatic heterocycles. The van der Waals surface area contributed by atoms with Crippen molar-refractivity contribution in [1.82, 2.24) is 9.80 Å². The lowest BCUT2D eigenvalue weighted by Gasteiger charge is -2.36. The first-order valence-corrected chi connectivity index (χ1v) is 5.09. The van der Waals surface area contributed by atoms with Crippen LogP contribution in [-0.2, 0) is 4.79 Å². The summed E-state index contributed by atoms with van der Waals surface area (Å²) >= 11 is 0. The summed E-state index contributed by atoms with van der Waals surface area (Å²) in [4.78, 5) is 25.6. The summed E-state index contributed by atoms with van der Waals surface area (Å²) < 4.78 is 0. The minimum absolute atomic E-state index is 0.0903. The van der Waals surface area contributed by atoms with E-state index in [1.165, 1.54) is 4.90 Å². The predicted molar refractivity (Wildman–Crippen MR) is 55.6 cm³/mol. The van der Waals surface area contributed by atoms with Gasteiger partial charge in [0.05, 0.1) is 0 Å². The minimum Gasteiger partial charge on any atom is -0.465 e. The molecule has 5 nitrogen and oxygen atoms in total. The van der Waals surface area contributed by atoms with Crippen molar-refractivity contribution in [3.63, 3.8) is 0 Å². The van der Waals surface area contributed by atoms with Crippen LogP contribution >= 0.6 is 0 Å². The Morgan fingerprint density at radius 3 is 1.73 bits per heavy atom. The van der Waals surface area contributed by atoms with Gasteiger partial charge in [-0.3, -0.25) is 4.79 Å². The summed E-state index contributed by atoms with van der Waals surface area (Å²) in [7, 11) is 0. The molecule has 86 valence electrons. The Bertz CT molecular complexity index is 262. The third-order valence-electron chi connectivity index (χ3n) is 2.48. The molecule has 1 heterocycles. The summed E-state index contributed by atoms with van der Waals surface area (Å²) in [5, 5.41) is 8.75. The second-order valence-corrected chi connectivity index (χ2v) is 4.81. The molecule has 0 spiro atoms. The van der Waals surface area contributed by atoms with Gasteiger partial charge < -0.3 is 14.9 Å². The highest BCUT2D eigenvalue weighted by Gasteiger charge is 2.30. The van der Waals surface area contributed by atoms with Crippen molar-refractivity contribution in [2.75, 3.05) is 26.2 Å². The van der Waals surface area contributed by atoms with Gasteiger partial charge in [0, 0.05) is 31.6 Å². The molecule has 0 unspecified atom stereocenters. The maximum Gasteiger partial charge on any atom is 0.407 e. The smallest absolute Gasteiger partial charge is 0.407 e. The van der Waals surface area contributed by atoms with E-state index in [1.54, 1.807) is 4.90 Å². The van der Waals surface area contributed by atoms with E-state index in [2.05, 4.69) is 0 Å². The first-order valence-electron chi connectivity index (χ1n) is 5.09. The molecule has 1 aliphatic rings. The van der Waals surface area contributed by atoms with Crippen LogP contribution in [0.1, 0.15) is 20.8 Å². The molecular formula is C10H18N2O3. The number of piperazine rings is 1. The molecule has 0 radical (unpaired) electrons. The molecule has 5 heteroatoms. The Labute approximate surface area is 89.7 Å². The van der Waals surface area contributed by atoms with E-state index in [0.29, 0.717) is 26.2 Å². The van der Waals surface area contributed by atoms with E-state index in [-0.39, 0.29) is 11.3 Å². The molecule has 0 aromatic heterocycles. The first kappa shape index (κ1) is 11.8. The molecule has 1 fully saturated rings. The fourth-order valence-corrected chi connectivity index (χ4v) is 1.58. The Balaban J connectivity index is 2.51. The molecule has 0 saturated carbocycles. The van der Waals surface area contributed by atoms with E-state index < -0.39 is 6.09 Å². The van der Waals surface area contributed by atoms with Gasteiger partial charge >= 0.3 is 6.09 Å². The minimum atomic E-state index is -0.905. The average molecular weight is 214 g/mol. The number of hydrogen-bond donors (Lipinski definition) is 1. The molecule has 1 rings (SSSR count). The van der Waals surface area contributed by atoms with Crippen molar-refractivity contribution in [1.29, 1.82) is 0 Å². The maximum atomic E-state index is 11.9. The molecule has 0 atom stereocenters. The highest BCUT2D eigenvalue weighted by molar-refractivity contribution is 5.81. The average Bonchev–Trinajstić information content (AvgIpc) is 2.15. The number of hydrogen-bond acceptors (Lipinski definition) is 2. The monoisotopic (exact) mass is 214 g/mol. The van der Waals surface area contributed by atoms with Gasteiger partial charge in [0.1, 0.15) is 0 Å². The summed E-state index contributed by atoms with van der Waals surface area (Å²) in [6.07, 6.45) is -0.905. The Hall–Kier alpha value is -1.26. The molecule has 1 N–H and O–H groups in total. The van der Waals surface area contributed by atoms with Crippen molar-refractivity contribution >= 4 is 12.0 Å². The topological polar surface area (TPSA) is 60.9 Å². The molecular weight excluding hydrogens is 196 g/mol. The number of nitrogens with zero attached hydrogens (tertiary/aromatic N) is 2. The van der Waals surface area contributed by atoms with Crippen molar-refractivity contribution in [2.24, 2.45) is 5.41 Å². The van der Waals surface area contributed by atoms with Crippen LogP contribution in [0.4, 0.5) is 4.79 Å². The summed E-state index contributed by atoms with van der Waals surface area (Å²) in [6.45, 7) is 7.45. The number of carboxylic acid groups (broad SMARTS) is 1. The van der Waals surface area contributed by atoms with Gasteiger partial charge in [-0.15, -0.1) is 0 Å². The first-order chi connectivity index (χ1) is 6.82. The third-order valence-corrected chi connectivity index (χ3v) is 2.48. The molecule has 0 bridgehead atoms. The lowest BCUT2D eigenvalue weighted by molar-refractivity contribution is -0.141. The maximum absolute atomic E-state index is 11.9. The zero-order valence-corrected chi connectivity index (χ0v) is 9.49. The standard InChI is InChI=1S/C10H18N2O3/c1-10(2,3)8(13)11-4-6-12(7-5-11)9(14)15/h4-7H2,1-3H3,(H,14,15). The van der Waals surface area contributed by atoms with E-state index in [9.17, 15) is 9.59 Å². The van der Waals surface area contributed by atoms with Gasteiger partial charge in [0.25, 0.3) is 0 Å². The highest BCUT2D eigenvalue weighted by Crippen LogP contribution is 2.18. The fraction of sp³-hybridized carbons (Fsp3) is 0.800. The molecule has 0 aromatic rings. The van der Waals surface area contributed by atoms with Gasteiger partial charge in [-0.2, -0.15) is 0 Å². The van der Waals surface area contributed by atoms with Gasteiger partial charge in [-0.25, -0.2) is 4.79 Å². The van der Waals surface area contributed by atoms with Crippen LogP contribution in [0, 0.1) is 5.41 Å². The number of rotatable bonds is 0. The van der Waals surface area contributed by atoms with Crippen LogP contribution < -0.4 is 0 Å². The van der Waals surface area contributed by atoms with E-state index in [1.807, 2.05) is 20.8 Å². The van der Waals surface area contributed by atoms with E-state index in [4.69, 9.17) is 5.11 Å². The molecule has 0 aliphatic carbocycles. The van der Waals surface area contributed by atoms with Crippen LogP contribution in [0.25, 0.3) is 0 Å². The predicted octanol–water partition coefficient (Wildman–Crippen LogP) is 0.855. The van der Waals surface area contributed by atoms with Crippen LogP contribution in [0.2, 0.25) is 0 Å². The normalized spacial score (nSPS) is 17.8. The van der Waals surface area contributed by atoms with Crippen molar-refractivity contribution in [3.05, 3.63) is 0 Å². The van der Waals surface area contributed by atoms with Gasteiger partial charge in [-0.1, -0.05) is 20.8 Å². The summed E-state index contributed by atoms with van der Waals surface area (Å²) in [5.74, 6) is 0.0903. The number of carbonyl (C=O) groups excluding carboxylic acids is 1. The second-order valence-electron chi connectivity index (χ2n) is 4.81. The fourth-order valence-electron chi connectivity index (χ4n) is 1.58. The van der Waals surface area contributed by atoms with Gasteiger partial charge in [0.2, 0.25) is 5.91 Å². The van der Waals surface area contributed by atoms with Gasteiger partial charge in [0.15, 0.2) is 0 Å². The number of carbonyl (C=O) groups is 2. The molecule has 1 saturated heterocycles. The van der Waals surface area contributed by atoms with Gasteiger partial charge in [-0.05, 0) is 0 Å². The third kappa shape index (κ3) is 2.84.